The van der Waals surface area contributed by atoms with Crippen molar-refractivity contribution in [2.24, 2.45) is 0 Å². The summed E-state index contributed by atoms with van der Waals surface area (Å²) in [6, 6.07) is 74.4. The van der Waals surface area contributed by atoms with Crippen molar-refractivity contribution in [3.05, 3.63) is 206 Å². The van der Waals surface area contributed by atoms with E-state index >= 15 is 0 Å². The molecule has 0 aliphatic heterocycles. The van der Waals surface area contributed by atoms with Gasteiger partial charge in [0.05, 0.1) is 16.7 Å². The third-order valence-corrected chi connectivity index (χ3v) is 12.8. The summed E-state index contributed by atoms with van der Waals surface area (Å²) in [7, 11) is 0. The van der Waals surface area contributed by atoms with Gasteiger partial charge in [0.25, 0.3) is 0 Å². The zero-order chi connectivity index (χ0) is 38.2. The van der Waals surface area contributed by atoms with Gasteiger partial charge < -0.3 is 13.9 Å². The van der Waals surface area contributed by atoms with Crippen molar-refractivity contribution in [3.8, 4) is 27.9 Å². The van der Waals surface area contributed by atoms with E-state index in [0.29, 0.717) is 0 Å². The first-order valence-corrected chi connectivity index (χ1v) is 20.5. The molecule has 272 valence electrons. The van der Waals surface area contributed by atoms with E-state index in [1.54, 1.807) is 0 Å². The summed E-state index contributed by atoms with van der Waals surface area (Å²) in [5, 5.41) is 7.17. The predicted octanol–water partition coefficient (Wildman–Crippen LogP) is 15.9. The first kappa shape index (κ1) is 32.8. The number of thiophene rings is 1. The minimum atomic E-state index is 0.869. The molecule has 9 aromatic carbocycles. The molecule has 0 fully saturated rings. The molecular weight excluding hydrogens is 725 g/mol. The van der Waals surface area contributed by atoms with Gasteiger partial charge in [-0.25, -0.2) is 0 Å². The lowest BCUT2D eigenvalue weighted by Crippen LogP contribution is -2.11. The van der Waals surface area contributed by atoms with Crippen LogP contribution in [0.5, 0.6) is 0 Å². The largest absolute Gasteiger partial charge is 0.456 e. The SMILES string of the molecule is c1ccc(-c2ccc3oc4ccc(N(c5cccc(-n6c7ccccc7c7ccccc76)c5)c5ccc(-c6ccccc6)c6sc7ccccc7c56)cc4c3c2)cc1. The van der Waals surface area contributed by atoms with Gasteiger partial charge in [-0.15, -0.1) is 11.3 Å². The van der Waals surface area contributed by atoms with Crippen LogP contribution in [0.25, 0.3) is 91.9 Å². The molecule has 12 aromatic rings. The Hall–Kier alpha value is -7.40. The van der Waals surface area contributed by atoms with Crippen molar-refractivity contribution in [1.82, 2.24) is 4.57 Å². The van der Waals surface area contributed by atoms with Gasteiger partial charge in [-0.1, -0.05) is 133 Å². The van der Waals surface area contributed by atoms with Crippen LogP contribution in [0.2, 0.25) is 0 Å². The van der Waals surface area contributed by atoms with Gasteiger partial charge >= 0.3 is 0 Å². The molecule has 0 atom stereocenters. The molecular formula is C54H34N2OS. The van der Waals surface area contributed by atoms with E-state index in [1.165, 1.54) is 64.2 Å². The Morgan fingerprint density at radius 3 is 1.79 bits per heavy atom. The van der Waals surface area contributed by atoms with Crippen molar-refractivity contribution in [1.29, 1.82) is 0 Å². The smallest absolute Gasteiger partial charge is 0.135 e. The number of fused-ring (bicyclic) bond motifs is 9. The van der Waals surface area contributed by atoms with Crippen LogP contribution >= 0.6 is 11.3 Å². The van der Waals surface area contributed by atoms with Gasteiger partial charge in [0, 0.05) is 58.8 Å². The summed E-state index contributed by atoms with van der Waals surface area (Å²) in [5.41, 5.74) is 13.3. The number of aromatic nitrogens is 1. The highest BCUT2D eigenvalue weighted by Gasteiger charge is 2.23. The summed E-state index contributed by atoms with van der Waals surface area (Å²) in [4.78, 5) is 2.45. The molecule has 0 N–H and O–H groups in total. The molecule has 0 saturated carbocycles. The van der Waals surface area contributed by atoms with E-state index in [4.69, 9.17) is 4.42 Å². The average molecular weight is 759 g/mol. The third-order valence-electron chi connectivity index (χ3n) is 11.6. The van der Waals surface area contributed by atoms with E-state index < -0.39 is 0 Å². The lowest BCUT2D eigenvalue weighted by Gasteiger charge is -2.27. The zero-order valence-corrected chi connectivity index (χ0v) is 32.2. The topological polar surface area (TPSA) is 21.3 Å². The minimum absolute atomic E-state index is 0.869. The Kier molecular flexibility index (Phi) is 7.40. The number of benzene rings is 9. The normalized spacial score (nSPS) is 11.8. The highest BCUT2D eigenvalue weighted by atomic mass is 32.1. The first-order chi connectivity index (χ1) is 28.8. The Morgan fingerprint density at radius 1 is 0.414 bits per heavy atom. The van der Waals surface area contributed by atoms with Crippen LogP contribution in [0.1, 0.15) is 0 Å². The molecule has 0 unspecified atom stereocenters. The molecule has 0 bridgehead atoms. The Morgan fingerprint density at radius 2 is 1.03 bits per heavy atom. The molecule has 12 rings (SSSR count). The summed E-state index contributed by atoms with van der Waals surface area (Å²) >= 11 is 1.87. The maximum Gasteiger partial charge on any atom is 0.135 e. The van der Waals surface area contributed by atoms with Crippen molar-refractivity contribution >= 4 is 92.3 Å². The van der Waals surface area contributed by atoms with Crippen LogP contribution in [0.4, 0.5) is 17.1 Å². The second-order valence-electron chi connectivity index (χ2n) is 14.9. The Labute approximate surface area is 338 Å². The Balaban J connectivity index is 1.14. The van der Waals surface area contributed by atoms with Crippen molar-refractivity contribution < 1.29 is 4.42 Å². The van der Waals surface area contributed by atoms with Crippen LogP contribution < -0.4 is 4.90 Å². The second kappa shape index (κ2) is 13.1. The van der Waals surface area contributed by atoms with Crippen LogP contribution in [-0.4, -0.2) is 4.57 Å². The summed E-state index contributed by atoms with van der Waals surface area (Å²) in [6.07, 6.45) is 0. The molecule has 0 saturated heterocycles. The van der Waals surface area contributed by atoms with Gasteiger partial charge in [-0.3, -0.25) is 0 Å². The molecule has 4 heteroatoms. The maximum atomic E-state index is 6.50. The van der Waals surface area contributed by atoms with Crippen LogP contribution in [-0.2, 0) is 0 Å². The van der Waals surface area contributed by atoms with E-state index in [1.807, 2.05) is 11.3 Å². The monoisotopic (exact) mass is 758 g/mol. The van der Waals surface area contributed by atoms with Crippen LogP contribution in [0.3, 0.4) is 0 Å². The van der Waals surface area contributed by atoms with Crippen molar-refractivity contribution in [2.45, 2.75) is 0 Å². The van der Waals surface area contributed by atoms with Gasteiger partial charge in [0.2, 0.25) is 0 Å². The van der Waals surface area contributed by atoms with Gasteiger partial charge in [-0.2, -0.15) is 0 Å². The highest BCUT2D eigenvalue weighted by Crippen LogP contribution is 2.49. The Bertz CT molecular complexity index is 3470. The number of furan rings is 1. The number of nitrogens with zero attached hydrogens (tertiary/aromatic N) is 2. The van der Waals surface area contributed by atoms with Crippen LogP contribution in [0.15, 0.2) is 211 Å². The summed E-state index contributed by atoms with van der Waals surface area (Å²) in [6.45, 7) is 0. The fraction of sp³-hybridized carbons (Fsp3) is 0. The van der Waals surface area contributed by atoms with E-state index in [0.717, 1.165) is 44.7 Å². The van der Waals surface area contributed by atoms with Crippen molar-refractivity contribution in [3.63, 3.8) is 0 Å². The third kappa shape index (κ3) is 5.12. The molecule has 0 aliphatic carbocycles. The van der Waals surface area contributed by atoms with Crippen molar-refractivity contribution in [2.75, 3.05) is 4.90 Å². The number of para-hydroxylation sites is 2. The lowest BCUT2D eigenvalue weighted by molar-refractivity contribution is 0.669. The molecule has 58 heavy (non-hydrogen) atoms. The number of hydrogen-bond acceptors (Lipinski definition) is 3. The van der Waals surface area contributed by atoms with Gasteiger partial charge in [0.1, 0.15) is 11.2 Å². The molecule has 0 aliphatic rings. The molecule has 0 radical (unpaired) electrons. The predicted molar refractivity (Wildman–Crippen MR) is 247 cm³/mol. The fourth-order valence-electron chi connectivity index (χ4n) is 8.96. The molecule has 0 spiro atoms. The highest BCUT2D eigenvalue weighted by molar-refractivity contribution is 7.26. The average Bonchev–Trinajstić information content (AvgIpc) is 3.97. The number of anilines is 3. The summed E-state index contributed by atoms with van der Waals surface area (Å²) < 4.78 is 11.4. The number of hydrogen-bond donors (Lipinski definition) is 0. The quantitative estimate of drug-likeness (QED) is 0.168. The number of rotatable bonds is 6. The lowest BCUT2D eigenvalue weighted by atomic mass is 10.00. The zero-order valence-electron chi connectivity index (χ0n) is 31.3. The minimum Gasteiger partial charge on any atom is -0.456 e. The molecule has 3 aromatic heterocycles. The van der Waals surface area contributed by atoms with E-state index in [9.17, 15) is 0 Å². The maximum absolute atomic E-state index is 6.50. The van der Waals surface area contributed by atoms with Gasteiger partial charge in [-0.05, 0) is 95.1 Å². The molecule has 0 amide bonds. The summed E-state index contributed by atoms with van der Waals surface area (Å²) in [5.74, 6) is 0. The van der Waals surface area contributed by atoms with Crippen LogP contribution in [0, 0.1) is 0 Å². The second-order valence-corrected chi connectivity index (χ2v) is 15.9. The molecule has 3 nitrogen and oxygen atoms in total. The van der Waals surface area contributed by atoms with E-state index in [-0.39, 0.29) is 0 Å². The van der Waals surface area contributed by atoms with Gasteiger partial charge in [0.15, 0.2) is 0 Å². The van der Waals surface area contributed by atoms with E-state index in [2.05, 4.69) is 216 Å². The molecule has 3 heterocycles. The standard InChI is InChI=1S/C54H34N2OS/c1-3-14-35(15-4-1)37-26-30-50-45(32-37)46-34-40(27-31-51(46)57-50)55(38-18-13-19-39(33-38)56-47-23-10-7-20-42(47)43-21-8-11-24-48(43)56)49-29-28-41(36-16-5-2-6-17-36)54-53(49)44-22-9-12-25-52(44)58-54/h1-34H. The first-order valence-electron chi connectivity index (χ1n) is 19.7. The fourth-order valence-corrected chi connectivity index (χ4v) is 10.2.